The number of carbonyl (C=O) groups is 1. The molecule has 1 fully saturated rings. The zero-order valence-corrected chi connectivity index (χ0v) is 8.20. The van der Waals surface area contributed by atoms with Crippen LogP contribution < -0.4 is 0 Å². The lowest BCUT2D eigenvalue weighted by Gasteiger charge is -2.05. The minimum absolute atomic E-state index is 0.163. The van der Waals surface area contributed by atoms with Crippen molar-refractivity contribution in [2.24, 2.45) is 5.92 Å². The van der Waals surface area contributed by atoms with E-state index in [0.29, 0.717) is 24.6 Å². The Labute approximate surface area is 73.7 Å². The van der Waals surface area contributed by atoms with Gasteiger partial charge in [0.2, 0.25) is 0 Å². The fourth-order valence-electron chi connectivity index (χ4n) is 1.74. The van der Waals surface area contributed by atoms with Crippen LogP contribution in [0.5, 0.6) is 0 Å². The summed E-state index contributed by atoms with van der Waals surface area (Å²) in [4.78, 5) is 13.0. The second-order valence-corrected chi connectivity index (χ2v) is 3.58. The largest absolute Gasteiger partial charge is 0.450 e. The van der Waals surface area contributed by atoms with E-state index in [1.807, 2.05) is 6.92 Å². The van der Waals surface area contributed by atoms with Gasteiger partial charge in [0, 0.05) is 0 Å². The van der Waals surface area contributed by atoms with Crippen LogP contribution >= 0.6 is 0 Å². The van der Waals surface area contributed by atoms with Gasteiger partial charge in [0.05, 0.1) is 18.7 Å². The van der Waals surface area contributed by atoms with Crippen LogP contribution in [0, 0.1) is 5.92 Å². The van der Waals surface area contributed by atoms with Crippen molar-refractivity contribution in [1.29, 1.82) is 0 Å². The number of nitrogens with zero attached hydrogens (tertiary/aromatic N) is 1. The van der Waals surface area contributed by atoms with Crippen LogP contribution in [0.2, 0.25) is 0 Å². The Bertz CT molecular complexity index is 179. The highest BCUT2D eigenvalue weighted by atomic mass is 16.6. The van der Waals surface area contributed by atoms with Crippen molar-refractivity contribution in [2.75, 3.05) is 6.61 Å². The predicted octanol–water partition coefficient (Wildman–Crippen LogP) is 1.87. The molecule has 0 aromatic carbocycles. The lowest BCUT2D eigenvalue weighted by Crippen LogP contribution is -2.17. The van der Waals surface area contributed by atoms with Gasteiger partial charge in [-0.2, -0.15) is 0 Å². The van der Waals surface area contributed by atoms with E-state index in [1.54, 1.807) is 4.90 Å². The van der Waals surface area contributed by atoms with Gasteiger partial charge in [0.15, 0.2) is 0 Å². The molecular formula is C9H17NO2. The van der Waals surface area contributed by atoms with Gasteiger partial charge in [-0.1, -0.05) is 13.8 Å². The summed E-state index contributed by atoms with van der Waals surface area (Å²) >= 11 is 0. The Morgan fingerprint density at radius 2 is 2.17 bits per heavy atom. The Balaban J connectivity index is 2.42. The van der Waals surface area contributed by atoms with Gasteiger partial charge in [0.25, 0.3) is 0 Å². The van der Waals surface area contributed by atoms with E-state index in [0.717, 1.165) is 0 Å². The van der Waals surface area contributed by atoms with Gasteiger partial charge in [-0.05, 0) is 19.8 Å². The van der Waals surface area contributed by atoms with Gasteiger partial charge >= 0.3 is 6.09 Å². The maximum Gasteiger partial charge on any atom is 0.410 e. The first-order valence-corrected chi connectivity index (χ1v) is 4.54. The smallest absolute Gasteiger partial charge is 0.410 e. The third kappa shape index (κ3) is 1.54. The van der Waals surface area contributed by atoms with Gasteiger partial charge in [-0.3, -0.25) is 4.90 Å². The molecule has 1 heterocycles. The average Bonchev–Trinajstić information content (AvgIpc) is 2.62. The van der Waals surface area contributed by atoms with E-state index in [2.05, 4.69) is 20.8 Å². The molecule has 1 amide bonds. The topological polar surface area (TPSA) is 29.3 Å². The summed E-state index contributed by atoms with van der Waals surface area (Å²) in [5, 5.41) is 0. The van der Waals surface area contributed by atoms with Crippen LogP contribution in [-0.4, -0.2) is 29.7 Å². The molecule has 0 spiro atoms. The quantitative estimate of drug-likeness (QED) is 0.593. The summed E-state index contributed by atoms with van der Waals surface area (Å²) in [5.74, 6) is 0.532. The second kappa shape index (κ2) is 3.33. The molecule has 0 aliphatic carbocycles. The van der Waals surface area contributed by atoms with E-state index in [9.17, 15) is 4.79 Å². The molecule has 3 nitrogen and oxygen atoms in total. The Hall–Kier alpha value is -0.730. The van der Waals surface area contributed by atoms with E-state index < -0.39 is 0 Å². The number of hydrogen-bond donors (Lipinski definition) is 0. The Morgan fingerprint density at radius 1 is 1.58 bits per heavy atom. The Morgan fingerprint density at radius 3 is 2.50 bits per heavy atom. The highest BCUT2D eigenvalue weighted by Gasteiger charge is 2.49. The fourth-order valence-corrected chi connectivity index (χ4v) is 1.74. The molecule has 0 aromatic heterocycles. The molecule has 0 radical (unpaired) electrons. The lowest BCUT2D eigenvalue weighted by atomic mass is 10.1. The van der Waals surface area contributed by atoms with Crippen molar-refractivity contribution in [3.05, 3.63) is 0 Å². The van der Waals surface area contributed by atoms with Crippen molar-refractivity contribution in [3.8, 4) is 0 Å². The zero-order valence-electron chi connectivity index (χ0n) is 8.20. The van der Waals surface area contributed by atoms with Crippen LogP contribution in [0.15, 0.2) is 0 Å². The number of rotatable bonds is 2. The molecule has 1 rings (SSSR count). The summed E-state index contributed by atoms with van der Waals surface area (Å²) in [7, 11) is 0. The van der Waals surface area contributed by atoms with Crippen LogP contribution in [-0.2, 0) is 4.74 Å². The molecular weight excluding hydrogens is 154 g/mol. The normalized spacial score (nSPS) is 27.6. The molecule has 1 aliphatic heterocycles. The fraction of sp³-hybridized carbons (Fsp3) is 0.889. The molecule has 0 aromatic rings. The molecule has 12 heavy (non-hydrogen) atoms. The number of ether oxygens (including phenoxy) is 1. The predicted molar refractivity (Wildman–Crippen MR) is 46.9 cm³/mol. The summed E-state index contributed by atoms with van der Waals surface area (Å²) in [6, 6.07) is 0.757. The molecule has 1 aliphatic rings. The van der Waals surface area contributed by atoms with Gasteiger partial charge in [-0.25, -0.2) is 4.79 Å². The molecule has 0 bridgehead atoms. The molecule has 1 saturated heterocycles. The number of amides is 1. The third-order valence-electron chi connectivity index (χ3n) is 2.33. The monoisotopic (exact) mass is 171 g/mol. The van der Waals surface area contributed by atoms with Crippen LogP contribution in [0.4, 0.5) is 4.79 Å². The van der Waals surface area contributed by atoms with Crippen molar-refractivity contribution < 1.29 is 9.53 Å². The van der Waals surface area contributed by atoms with Crippen molar-refractivity contribution in [1.82, 2.24) is 4.90 Å². The maximum atomic E-state index is 11.2. The third-order valence-corrected chi connectivity index (χ3v) is 2.33. The van der Waals surface area contributed by atoms with Gasteiger partial charge in [-0.15, -0.1) is 0 Å². The molecule has 0 N–H and O–H groups in total. The number of hydrogen-bond acceptors (Lipinski definition) is 2. The number of carbonyl (C=O) groups excluding carboxylic acids is 1. The van der Waals surface area contributed by atoms with E-state index in [4.69, 9.17) is 4.74 Å². The lowest BCUT2D eigenvalue weighted by molar-refractivity contribution is 0.131. The summed E-state index contributed by atoms with van der Waals surface area (Å²) < 4.78 is 4.90. The molecule has 70 valence electrons. The average molecular weight is 171 g/mol. The first-order valence-electron chi connectivity index (χ1n) is 4.54. The molecule has 0 saturated carbocycles. The maximum absolute atomic E-state index is 11.2. The highest BCUT2D eigenvalue weighted by Crippen LogP contribution is 2.34. The summed E-state index contributed by atoms with van der Waals surface area (Å²) in [6.07, 6.45) is -0.163. The highest BCUT2D eigenvalue weighted by molar-refractivity contribution is 5.72. The van der Waals surface area contributed by atoms with Crippen molar-refractivity contribution in [3.63, 3.8) is 0 Å². The van der Waals surface area contributed by atoms with E-state index in [-0.39, 0.29) is 6.09 Å². The summed E-state index contributed by atoms with van der Waals surface area (Å²) in [6.45, 7) is 8.60. The first kappa shape index (κ1) is 9.36. The van der Waals surface area contributed by atoms with E-state index in [1.165, 1.54) is 0 Å². The van der Waals surface area contributed by atoms with Gasteiger partial charge in [0.1, 0.15) is 0 Å². The van der Waals surface area contributed by atoms with E-state index >= 15 is 0 Å². The minimum Gasteiger partial charge on any atom is -0.450 e. The second-order valence-electron chi connectivity index (χ2n) is 3.58. The molecule has 3 heteroatoms. The van der Waals surface area contributed by atoms with Crippen LogP contribution in [0.1, 0.15) is 27.7 Å². The standard InChI is InChI=1S/C9H17NO2/c1-5-12-9(11)10-7(4)8(10)6(2)3/h6-8H,5H2,1-4H3/t7-,8-,10?/m1/s1. The van der Waals surface area contributed by atoms with Crippen LogP contribution in [0.25, 0.3) is 0 Å². The van der Waals surface area contributed by atoms with Gasteiger partial charge < -0.3 is 4.74 Å². The van der Waals surface area contributed by atoms with Crippen LogP contribution in [0.3, 0.4) is 0 Å². The van der Waals surface area contributed by atoms with Crippen molar-refractivity contribution >= 4 is 6.09 Å². The minimum atomic E-state index is -0.163. The first-order chi connectivity index (χ1) is 5.59. The van der Waals surface area contributed by atoms with Crippen molar-refractivity contribution in [2.45, 2.75) is 39.8 Å². The summed E-state index contributed by atoms with van der Waals surface area (Å²) in [5.41, 5.74) is 0. The molecule has 2 atom stereocenters. The Kier molecular flexibility index (Phi) is 2.60. The molecule has 0 unspecified atom stereocenters. The zero-order chi connectivity index (χ0) is 9.30. The SMILES string of the molecule is CCOC(=O)N1[C@H](C)[C@H]1C(C)C.